The molecule has 0 radical (unpaired) electrons. The third-order valence-corrected chi connectivity index (χ3v) is 6.92. The Labute approximate surface area is 196 Å². The molecule has 11 nitrogen and oxygen atoms in total. The molecule has 1 saturated heterocycles. The highest BCUT2D eigenvalue weighted by atomic mass is 16.7. The molecule has 5 atom stereocenters. The Bertz CT molecular complexity index is 1160. The predicted octanol–water partition coefficient (Wildman–Crippen LogP) is 2.23. The van der Waals surface area contributed by atoms with E-state index >= 15 is 0 Å². The quantitative estimate of drug-likeness (QED) is 0.440. The molecule has 0 saturated carbocycles. The Hall–Kier alpha value is -3.20. The summed E-state index contributed by atoms with van der Waals surface area (Å²) in [5.74, 6) is 0.288. The van der Waals surface area contributed by atoms with Crippen LogP contribution in [-0.2, 0) is 19.9 Å². The summed E-state index contributed by atoms with van der Waals surface area (Å²) in [6.45, 7) is 11.3. The summed E-state index contributed by atoms with van der Waals surface area (Å²) in [6.07, 6.45) is 0.435. The molecule has 0 bridgehead atoms. The first-order valence-electron chi connectivity index (χ1n) is 11.2. The molecule has 3 heterocycles. The van der Waals surface area contributed by atoms with E-state index in [4.69, 9.17) is 26.5 Å². The minimum absolute atomic E-state index is 0.0836. The van der Waals surface area contributed by atoms with Crippen molar-refractivity contribution in [3.63, 3.8) is 0 Å². The van der Waals surface area contributed by atoms with E-state index in [9.17, 15) is 15.0 Å². The molecule has 1 unspecified atom stereocenters. The SMILES string of the molecule is C#[N+][C@@]1(c2ccc3c(N)ncnn23)O[C@H](COC(=O)OC2(C(C)C)CC=C(C)CC2)[C@@H](O)[C@H]1O. The van der Waals surface area contributed by atoms with Gasteiger partial charge in [0.25, 0.3) is 6.57 Å². The second kappa shape index (κ2) is 8.87. The molecular formula is C23H30N5O6+. The summed E-state index contributed by atoms with van der Waals surface area (Å²) in [4.78, 5) is 20.2. The Morgan fingerprint density at radius 1 is 1.44 bits per heavy atom. The number of aliphatic hydroxyl groups is 2. The Balaban J connectivity index is 1.49. The summed E-state index contributed by atoms with van der Waals surface area (Å²) in [5.41, 5.74) is 5.30. The zero-order valence-corrected chi connectivity index (χ0v) is 19.4. The fourth-order valence-electron chi connectivity index (χ4n) is 4.59. The standard InChI is InChI=1S/C23H30N5O6/c1-13(2)22(9-7-14(3)8-10-22)34-21(31)32-11-16-18(29)19(30)23(25-4,33-16)17-6-5-15-20(24)26-12-27-28(15)17/h4-7,12-13,16,18-19,29-30H,8-11H2,1-3H3,(H2,24,26,27)/q+1/t16-,18-,19-,22?,23+/m1/s1. The Morgan fingerprint density at radius 2 is 2.21 bits per heavy atom. The third kappa shape index (κ3) is 3.87. The number of nitrogens with two attached hydrogens (primary N) is 1. The lowest BCUT2D eigenvalue weighted by Crippen LogP contribution is -2.42. The zero-order valence-electron chi connectivity index (χ0n) is 19.4. The maximum Gasteiger partial charge on any atom is 0.508 e. The lowest BCUT2D eigenvalue weighted by Gasteiger charge is -2.38. The van der Waals surface area contributed by atoms with Crippen LogP contribution in [0.2, 0.25) is 0 Å². The average molecular weight is 473 g/mol. The summed E-state index contributed by atoms with van der Waals surface area (Å²) >= 11 is 0. The highest BCUT2D eigenvalue weighted by Crippen LogP contribution is 2.42. The van der Waals surface area contributed by atoms with Crippen LogP contribution in [0.4, 0.5) is 10.6 Å². The van der Waals surface area contributed by atoms with E-state index in [1.807, 2.05) is 13.8 Å². The van der Waals surface area contributed by atoms with Crippen LogP contribution < -0.4 is 5.73 Å². The molecular weight excluding hydrogens is 442 g/mol. The number of hydrogen-bond acceptors (Lipinski definition) is 9. The van der Waals surface area contributed by atoms with Crippen molar-refractivity contribution < 1.29 is 29.2 Å². The smallest absolute Gasteiger partial charge is 0.431 e. The molecule has 1 fully saturated rings. The predicted molar refractivity (Wildman–Crippen MR) is 122 cm³/mol. The number of carbonyl (C=O) groups excluding carboxylic acids is 1. The van der Waals surface area contributed by atoms with E-state index in [-0.39, 0.29) is 24.0 Å². The Kier molecular flexibility index (Phi) is 6.24. The number of nitrogen functional groups attached to an aromatic ring is 1. The van der Waals surface area contributed by atoms with Gasteiger partial charge >= 0.3 is 11.9 Å². The van der Waals surface area contributed by atoms with Crippen molar-refractivity contribution in [2.45, 2.75) is 69.7 Å². The van der Waals surface area contributed by atoms with Crippen molar-refractivity contribution in [3.05, 3.63) is 40.6 Å². The second-order valence-electron chi connectivity index (χ2n) is 9.22. The Morgan fingerprint density at radius 3 is 2.85 bits per heavy atom. The van der Waals surface area contributed by atoms with Gasteiger partial charge in [-0.3, -0.25) is 4.74 Å². The minimum Gasteiger partial charge on any atom is -0.431 e. The number of ether oxygens (including phenoxy) is 3. The number of rotatable bonds is 5. The summed E-state index contributed by atoms with van der Waals surface area (Å²) in [6, 6.07) is 3.18. The van der Waals surface area contributed by atoms with Crippen LogP contribution in [-0.4, -0.2) is 61.5 Å². The monoisotopic (exact) mass is 472 g/mol. The van der Waals surface area contributed by atoms with Gasteiger partial charge in [-0.2, -0.15) is 5.10 Å². The van der Waals surface area contributed by atoms with Crippen LogP contribution in [0.15, 0.2) is 30.1 Å². The van der Waals surface area contributed by atoms with E-state index in [2.05, 4.69) is 27.9 Å². The molecule has 1 aliphatic heterocycles. The minimum atomic E-state index is -1.87. The number of nitrogens with zero attached hydrogens (tertiary/aromatic N) is 4. The van der Waals surface area contributed by atoms with Crippen LogP contribution in [0.25, 0.3) is 10.4 Å². The van der Waals surface area contributed by atoms with Gasteiger partial charge in [-0.05, 0) is 42.7 Å². The molecule has 182 valence electrons. The van der Waals surface area contributed by atoms with E-state index in [1.165, 1.54) is 16.4 Å². The van der Waals surface area contributed by atoms with E-state index in [1.54, 1.807) is 12.1 Å². The lowest BCUT2D eigenvalue weighted by atomic mass is 9.78. The van der Waals surface area contributed by atoms with Gasteiger partial charge in [0.2, 0.25) is 0 Å². The lowest BCUT2D eigenvalue weighted by molar-refractivity contribution is -0.0978. The molecule has 1 aliphatic carbocycles. The number of carbonyl (C=O) groups is 1. The number of anilines is 1. The summed E-state index contributed by atoms with van der Waals surface area (Å²) in [7, 11) is 0. The number of allylic oxidation sites excluding steroid dienone is 1. The molecule has 4 N–H and O–H groups in total. The maximum absolute atomic E-state index is 12.6. The normalized spacial score (nSPS) is 31.3. The largest absolute Gasteiger partial charge is 0.508 e. The van der Waals surface area contributed by atoms with Crippen LogP contribution in [0.3, 0.4) is 0 Å². The number of fused-ring (bicyclic) bond motifs is 1. The van der Waals surface area contributed by atoms with Gasteiger partial charge in [0.15, 0.2) is 17.6 Å². The topological polar surface area (TPSA) is 146 Å². The van der Waals surface area contributed by atoms with E-state index in [0.717, 1.165) is 6.42 Å². The molecule has 11 heteroatoms. The highest BCUT2D eigenvalue weighted by molar-refractivity contribution is 5.66. The average Bonchev–Trinajstić information content (AvgIpc) is 3.35. The van der Waals surface area contributed by atoms with Gasteiger partial charge in [-0.1, -0.05) is 25.5 Å². The van der Waals surface area contributed by atoms with Crippen molar-refractivity contribution in [3.8, 4) is 6.57 Å². The summed E-state index contributed by atoms with van der Waals surface area (Å²) in [5, 5.41) is 25.6. The first-order chi connectivity index (χ1) is 16.1. The van der Waals surface area contributed by atoms with Gasteiger partial charge in [0.05, 0.1) is 0 Å². The first-order valence-corrected chi connectivity index (χ1v) is 11.2. The molecule has 2 aromatic rings. The van der Waals surface area contributed by atoms with Crippen LogP contribution >= 0.6 is 0 Å². The van der Waals surface area contributed by atoms with Crippen LogP contribution in [0.1, 0.15) is 45.7 Å². The summed E-state index contributed by atoms with van der Waals surface area (Å²) < 4.78 is 18.3. The molecule has 0 amide bonds. The van der Waals surface area contributed by atoms with Gasteiger partial charge in [-0.15, -0.1) is 0 Å². The maximum atomic E-state index is 12.6. The fraction of sp³-hybridized carbons (Fsp3) is 0.565. The first kappa shape index (κ1) is 23.9. The van der Waals surface area contributed by atoms with Crippen LogP contribution in [0, 0.1) is 12.5 Å². The van der Waals surface area contributed by atoms with Gasteiger partial charge in [0.1, 0.15) is 36.3 Å². The molecule has 2 aromatic heterocycles. The van der Waals surface area contributed by atoms with Crippen molar-refractivity contribution in [2.24, 2.45) is 5.92 Å². The molecule has 4 rings (SSSR count). The van der Waals surface area contributed by atoms with Crippen molar-refractivity contribution in [1.82, 2.24) is 14.6 Å². The molecule has 34 heavy (non-hydrogen) atoms. The van der Waals surface area contributed by atoms with Crippen molar-refractivity contribution in [1.29, 1.82) is 0 Å². The van der Waals surface area contributed by atoms with E-state index in [0.29, 0.717) is 18.4 Å². The number of hydrogen-bond donors (Lipinski definition) is 3. The zero-order chi connectivity index (χ0) is 24.7. The van der Waals surface area contributed by atoms with Crippen molar-refractivity contribution >= 4 is 17.5 Å². The molecule has 0 spiro atoms. The van der Waals surface area contributed by atoms with Crippen LogP contribution in [0.5, 0.6) is 0 Å². The highest BCUT2D eigenvalue weighted by Gasteiger charge is 2.66. The second-order valence-corrected chi connectivity index (χ2v) is 9.22. The fourth-order valence-corrected chi connectivity index (χ4v) is 4.59. The van der Waals surface area contributed by atoms with Crippen molar-refractivity contribution in [2.75, 3.05) is 12.3 Å². The molecule has 2 aliphatic rings. The number of aromatic nitrogens is 3. The van der Waals surface area contributed by atoms with Gasteiger partial charge in [-0.25, -0.2) is 14.3 Å². The molecule has 0 aromatic carbocycles. The van der Waals surface area contributed by atoms with Gasteiger partial charge in [0, 0.05) is 6.42 Å². The number of aliphatic hydroxyl groups excluding tert-OH is 2. The van der Waals surface area contributed by atoms with E-state index < -0.39 is 35.8 Å². The van der Waals surface area contributed by atoms with Gasteiger partial charge < -0.3 is 25.4 Å². The third-order valence-electron chi connectivity index (χ3n) is 6.92.